The molecule has 0 saturated carbocycles. The van der Waals surface area contributed by atoms with E-state index in [2.05, 4.69) is 11.4 Å². The third-order valence-corrected chi connectivity index (χ3v) is 4.08. The molecule has 1 N–H and O–H groups in total. The van der Waals surface area contributed by atoms with Crippen molar-refractivity contribution >= 4 is 9.84 Å². The summed E-state index contributed by atoms with van der Waals surface area (Å²) in [5.74, 6) is 0.907. The van der Waals surface area contributed by atoms with Gasteiger partial charge in [0.05, 0.1) is 17.5 Å². The molecule has 4 nitrogen and oxygen atoms in total. The number of hydrogen-bond donors (Lipinski definition) is 1. The first-order valence-corrected chi connectivity index (χ1v) is 7.71. The number of nitrogens with one attached hydrogen (secondary N) is 1. The molecule has 2 rings (SSSR count). The molecule has 1 aliphatic rings. The molecule has 1 unspecified atom stereocenters. The van der Waals surface area contributed by atoms with Crippen LogP contribution in [0.15, 0.2) is 41.0 Å². The van der Waals surface area contributed by atoms with Crippen LogP contribution in [0.5, 0.6) is 0 Å². The summed E-state index contributed by atoms with van der Waals surface area (Å²) in [5.41, 5.74) is 0.998. The van der Waals surface area contributed by atoms with Crippen molar-refractivity contribution in [1.82, 2.24) is 5.32 Å². The summed E-state index contributed by atoms with van der Waals surface area (Å²) in [5, 5.41) is 3.18. The lowest BCUT2D eigenvalue weighted by Gasteiger charge is -2.18. The molecule has 0 aromatic heterocycles. The average Bonchev–Trinajstić information content (AvgIpc) is 2.83. The number of likely N-dealkylation sites (N-methyl/N-ethyl adjacent to an activating group) is 1. The van der Waals surface area contributed by atoms with Gasteiger partial charge in [-0.05, 0) is 30.8 Å². The standard InChI is InChI=1S/C13H17NO3S/c1-14-13(12-4-3-9-17-12)10-5-7-11(8-6-10)18(2,15)16/h4-8,13-14H,3,9H2,1-2H3. The molecule has 98 valence electrons. The van der Waals surface area contributed by atoms with E-state index < -0.39 is 9.84 Å². The van der Waals surface area contributed by atoms with Crippen LogP contribution in [-0.2, 0) is 14.6 Å². The van der Waals surface area contributed by atoms with Crippen LogP contribution in [0.4, 0.5) is 0 Å². The fourth-order valence-corrected chi connectivity index (χ4v) is 2.65. The fourth-order valence-electron chi connectivity index (χ4n) is 2.02. The zero-order valence-electron chi connectivity index (χ0n) is 10.5. The molecular weight excluding hydrogens is 250 g/mol. The van der Waals surface area contributed by atoms with E-state index in [0.29, 0.717) is 4.90 Å². The second kappa shape index (κ2) is 5.12. The van der Waals surface area contributed by atoms with Crippen molar-refractivity contribution in [2.75, 3.05) is 19.9 Å². The lowest BCUT2D eigenvalue weighted by atomic mass is 10.1. The van der Waals surface area contributed by atoms with Crippen molar-refractivity contribution in [2.45, 2.75) is 17.4 Å². The van der Waals surface area contributed by atoms with Crippen LogP contribution < -0.4 is 5.32 Å². The van der Waals surface area contributed by atoms with Crippen molar-refractivity contribution in [1.29, 1.82) is 0 Å². The first-order valence-electron chi connectivity index (χ1n) is 5.82. The molecule has 0 amide bonds. The van der Waals surface area contributed by atoms with Gasteiger partial charge in [-0.2, -0.15) is 0 Å². The molecule has 0 bridgehead atoms. The van der Waals surface area contributed by atoms with Gasteiger partial charge in [0.15, 0.2) is 9.84 Å². The highest BCUT2D eigenvalue weighted by molar-refractivity contribution is 7.90. The summed E-state index contributed by atoms with van der Waals surface area (Å²) in [6.07, 6.45) is 4.20. The summed E-state index contributed by atoms with van der Waals surface area (Å²) < 4.78 is 28.3. The number of sulfone groups is 1. The molecule has 1 aliphatic heterocycles. The highest BCUT2D eigenvalue weighted by atomic mass is 32.2. The second-order valence-electron chi connectivity index (χ2n) is 4.31. The molecule has 1 atom stereocenters. The third-order valence-electron chi connectivity index (χ3n) is 2.95. The van der Waals surface area contributed by atoms with Crippen molar-refractivity contribution in [3.63, 3.8) is 0 Å². The van der Waals surface area contributed by atoms with Crippen LogP contribution in [0.2, 0.25) is 0 Å². The van der Waals surface area contributed by atoms with E-state index >= 15 is 0 Å². The van der Waals surface area contributed by atoms with Gasteiger partial charge in [0.2, 0.25) is 0 Å². The third kappa shape index (κ3) is 2.73. The topological polar surface area (TPSA) is 55.4 Å². The molecule has 5 heteroatoms. The smallest absolute Gasteiger partial charge is 0.175 e. The van der Waals surface area contributed by atoms with Gasteiger partial charge in [-0.15, -0.1) is 0 Å². The number of ether oxygens (including phenoxy) is 1. The van der Waals surface area contributed by atoms with Gasteiger partial charge in [0, 0.05) is 12.7 Å². The molecule has 1 heterocycles. The van der Waals surface area contributed by atoms with Crippen LogP contribution in [0.25, 0.3) is 0 Å². The molecule has 1 aromatic carbocycles. The van der Waals surface area contributed by atoms with Crippen LogP contribution in [0.1, 0.15) is 18.0 Å². The number of benzene rings is 1. The van der Waals surface area contributed by atoms with Crippen molar-refractivity contribution < 1.29 is 13.2 Å². The van der Waals surface area contributed by atoms with E-state index in [0.717, 1.165) is 24.4 Å². The highest BCUT2D eigenvalue weighted by Gasteiger charge is 2.19. The lowest BCUT2D eigenvalue weighted by molar-refractivity contribution is 0.218. The van der Waals surface area contributed by atoms with Gasteiger partial charge in [-0.1, -0.05) is 12.1 Å². The Morgan fingerprint density at radius 1 is 1.28 bits per heavy atom. The first kappa shape index (κ1) is 13.1. The van der Waals surface area contributed by atoms with E-state index in [-0.39, 0.29) is 6.04 Å². The van der Waals surface area contributed by atoms with Crippen LogP contribution in [0, 0.1) is 0 Å². The summed E-state index contributed by atoms with van der Waals surface area (Å²) in [7, 11) is -1.28. The van der Waals surface area contributed by atoms with E-state index in [1.54, 1.807) is 12.1 Å². The minimum atomic E-state index is -3.14. The SMILES string of the molecule is CNC(C1=CCCO1)c1ccc(S(C)(=O)=O)cc1. The van der Waals surface area contributed by atoms with Crippen molar-refractivity contribution in [3.05, 3.63) is 41.7 Å². The Kier molecular flexibility index (Phi) is 3.73. The Morgan fingerprint density at radius 3 is 2.39 bits per heavy atom. The maximum atomic E-state index is 11.4. The highest BCUT2D eigenvalue weighted by Crippen LogP contribution is 2.26. The molecule has 18 heavy (non-hydrogen) atoms. The minimum absolute atomic E-state index is 0.0129. The summed E-state index contributed by atoms with van der Waals surface area (Å²) in [6.45, 7) is 0.717. The number of rotatable bonds is 4. The summed E-state index contributed by atoms with van der Waals surface area (Å²) in [4.78, 5) is 0.336. The van der Waals surface area contributed by atoms with Crippen LogP contribution >= 0.6 is 0 Å². The minimum Gasteiger partial charge on any atom is -0.496 e. The Morgan fingerprint density at radius 2 is 1.94 bits per heavy atom. The van der Waals surface area contributed by atoms with Gasteiger partial charge in [-0.3, -0.25) is 0 Å². The largest absolute Gasteiger partial charge is 0.496 e. The monoisotopic (exact) mass is 267 g/mol. The Balaban J connectivity index is 2.27. The zero-order chi connectivity index (χ0) is 13.2. The molecular formula is C13H17NO3S. The van der Waals surface area contributed by atoms with Gasteiger partial charge in [0.25, 0.3) is 0 Å². The predicted octanol–water partition coefficient (Wildman–Crippen LogP) is 1.65. The molecule has 0 radical (unpaired) electrons. The Hall–Kier alpha value is -1.33. The van der Waals surface area contributed by atoms with E-state index in [1.807, 2.05) is 19.2 Å². The van der Waals surface area contributed by atoms with Crippen LogP contribution in [0.3, 0.4) is 0 Å². The summed E-state index contributed by atoms with van der Waals surface area (Å²) >= 11 is 0. The van der Waals surface area contributed by atoms with Gasteiger partial charge >= 0.3 is 0 Å². The maximum Gasteiger partial charge on any atom is 0.175 e. The fraction of sp³-hybridized carbons (Fsp3) is 0.385. The molecule has 1 aromatic rings. The maximum absolute atomic E-state index is 11.4. The van der Waals surface area contributed by atoms with E-state index in [1.165, 1.54) is 6.26 Å². The van der Waals surface area contributed by atoms with E-state index in [4.69, 9.17) is 4.74 Å². The second-order valence-corrected chi connectivity index (χ2v) is 6.32. The van der Waals surface area contributed by atoms with Crippen molar-refractivity contribution in [2.24, 2.45) is 0 Å². The van der Waals surface area contributed by atoms with Crippen LogP contribution in [-0.4, -0.2) is 28.3 Å². The molecule has 0 aliphatic carbocycles. The Bertz CT molecular complexity index is 546. The van der Waals surface area contributed by atoms with Gasteiger partial charge < -0.3 is 10.1 Å². The quantitative estimate of drug-likeness (QED) is 0.901. The lowest BCUT2D eigenvalue weighted by Crippen LogP contribution is -2.19. The zero-order valence-corrected chi connectivity index (χ0v) is 11.3. The summed E-state index contributed by atoms with van der Waals surface area (Å²) in [6, 6.07) is 6.89. The molecule has 0 fully saturated rings. The van der Waals surface area contributed by atoms with Crippen molar-refractivity contribution in [3.8, 4) is 0 Å². The first-order chi connectivity index (χ1) is 8.52. The van der Waals surface area contributed by atoms with E-state index in [9.17, 15) is 8.42 Å². The average molecular weight is 267 g/mol. The number of hydrogen-bond acceptors (Lipinski definition) is 4. The Labute approximate surface area is 108 Å². The van der Waals surface area contributed by atoms with Gasteiger partial charge in [-0.25, -0.2) is 8.42 Å². The molecule has 0 saturated heterocycles. The normalized spacial score (nSPS) is 17.1. The predicted molar refractivity (Wildman–Crippen MR) is 70.0 cm³/mol. The molecule has 0 spiro atoms. The van der Waals surface area contributed by atoms with Gasteiger partial charge in [0.1, 0.15) is 5.76 Å².